The van der Waals surface area contributed by atoms with Crippen molar-refractivity contribution in [2.75, 3.05) is 38.8 Å². The number of sulfone groups is 1. The van der Waals surface area contributed by atoms with Gasteiger partial charge in [-0.1, -0.05) is 18.2 Å². The number of alkyl halides is 3. The minimum atomic E-state index is -4.40. The van der Waals surface area contributed by atoms with Crippen molar-refractivity contribution in [2.45, 2.75) is 43.8 Å². The summed E-state index contributed by atoms with van der Waals surface area (Å²) in [5, 5.41) is 6.36. The summed E-state index contributed by atoms with van der Waals surface area (Å²) in [7, 11) is -1.46. The van der Waals surface area contributed by atoms with E-state index in [1.807, 2.05) is 6.92 Å². The standard InChI is InChI=1S/C20H30F3N3O3S.HI/c1-15(7-12-30(3,27)28)26-18(24-2)25-14-19(8-10-29-11-9-19)16-5-4-6-17(13-16)20(21,22)23;/h4-6,13,15H,7-12,14H2,1-3H3,(H2,24,25,26);1H. The third-order valence-electron chi connectivity index (χ3n) is 5.37. The van der Waals surface area contributed by atoms with E-state index in [1.165, 1.54) is 18.4 Å². The minimum absolute atomic E-state index is 0. The van der Waals surface area contributed by atoms with Gasteiger partial charge in [0.1, 0.15) is 9.84 Å². The molecule has 11 heteroatoms. The largest absolute Gasteiger partial charge is 0.416 e. The first kappa shape index (κ1) is 28.0. The first-order chi connectivity index (χ1) is 14.0. The summed E-state index contributed by atoms with van der Waals surface area (Å²) < 4.78 is 67.8. The van der Waals surface area contributed by atoms with Gasteiger partial charge in [-0.2, -0.15) is 13.2 Å². The molecule has 1 aliphatic heterocycles. The summed E-state index contributed by atoms with van der Waals surface area (Å²) in [4.78, 5) is 4.17. The zero-order valence-electron chi connectivity index (χ0n) is 18.0. The fourth-order valence-corrected chi connectivity index (χ4v) is 4.28. The van der Waals surface area contributed by atoms with Crippen molar-refractivity contribution in [3.05, 3.63) is 35.4 Å². The highest BCUT2D eigenvalue weighted by molar-refractivity contribution is 14.0. The van der Waals surface area contributed by atoms with Crippen molar-refractivity contribution in [2.24, 2.45) is 4.99 Å². The smallest absolute Gasteiger partial charge is 0.381 e. The molecule has 1 aromatic rings. The summed E-state index contributed by atoms with van der Waals surface area (Å²) in [6.45, 7) is 3.18. The van der Waals surface area contributed by atoms with E-state index in [-0.39, 0.29) is 35.8 Å². The molecule has 0 spiro atoms. The Hall–Kier alpha value is -1.08. The van der Waals surface area contributed by atoms with E-state index in [0.29, 0.717) is 50.5 Å². The molecule has 1 aromatic carbocycles. The number of aliphatic imine (C=N–C) groups is 1. The average Bonchev–Trinajstić information content (AvgIpc) is 2.69. The first-order valence-electron chi connectivity index (χ1n) is 9.86. The lowest BCUT2D eigenvalue weighted by Gasteiger charge is -2.38. The molecular weight excluding hydrogens is 546 g/mol. The zero-order chi connectivity index (χ0) is 22.4. The molecule has 31 heavy (non-hydrogen) atoms. The second kappa shape index (κ2) is 11.7. The molecule has 0 amide bonds. The van der Waals surface area contributed by atoms with Gasteiger partial charge in [0.15, 0.2) is 5.96 Å². The molecule has 2 rings (SSSR count). The fraction of sp³-hybridized carbons (Fsp3) is 0.650. The number of guanidine groups is 1. The number of nitrogens with one attached hydrogen (secondary N) is 2. The van der Waals surface area contributed by atoms with Crippen LogP contribution in [0.25, 0.3) is 0 Å². The van der Waals surface area contributed by atoms with Gasteiger partial charge in [-0.25, -0.2) is 8.42 Å². The van der Waals surface area contributed by atoms with Crippen molar-refractivity contribution in [1.29, 1.82) is 0 Å². The van der Waals surface area contributed by atoms with Crippen LogP contribution in [0.1, 0.15) is 37.3 Å². The molecule has 0 radical (unpaired) electrons. The second-order valence-electron chi connectivity index (χ2n) is 7.86. The molecular formula is C20H31F3IN3O3S. The maximum atomic E-state index is 13.2. The molecule has 1 saturated heterocycles. The summed E-state index contributed by atoms with van der Waals surface area (Å²) in [6, 6.07) is 5.33. The van der Waals surface area contributed by atoms with Gasteiger partial charge in [-0.3, -0.25) is 4.99 Å². The lowest BCUT2D eigenvalue weighted by atomic mass is 9.73. The van der Waals surface area contributed by atoms with Crippen LogP contribution in [0.4, 0.5) is 13.2 Å². The maximum Gasteiger partial charge on any atom is 0.416 e. The summed E-state index contributed by atoms with van der Waals surface area (Å²) in [5.41, 5.74) is -0.566. The monoisotopic (exact) mass is 577 g/mol. The van der Waals surface area contributed by atoms with Crippen LogP contribution in [0.3, 0.4) is 0 Å². The second-order valence-corrected chi connectivity index (χ2v) is 10.1. The van der Waals surface area contributed by atoms with Gasteiger partial charge in [0.2, 0.25) is 0 Å². The number of nitrogens with zero attached hydrogens (tertiary/aromatic N) is 1. The van der Waals surface area contributed by atoms with E-state index in [1.54, 1.807) is 13.1 Å². The van der Waals surface area contributed by atoms with E-state index in [9.17, 15) is 21.6 Å². The molecule has 0 bridgehead atoms. The van der Waals surface area contributed by atoms with Gasteiger partial charge < -0.3 is 15.4 Å². The summed E-state index contributed by atoms with van der Waals surface area (Å²) in [5.74, 6) is 0.540. The molecule has 0 aromatic heterocycles. The lowest BCUT2D eigenvalue weighted by Crippen LogP contribution is -2.50. The maximum absolute atomic E-state index is 13.2. The Labute approximate surface area is 199 Å². The molecule has 1 fully saturated rings. The Morgan fingerprint density at radius 3 is 2.48 bits per heavy atom. The van der Waals surface area contributed by atoms with Gasteiger partial charge in [0.05, 0.1) is 11.3 Å². The van der Waals surface area contributed by atoms with Crippen LogP contribution in [-0.4, -0.2) is 59.2 Å². The fourth-order valence-electron chi connectivity index (χ4n) is 3.50. The van der Waals surface area contributed by atoms with Crippen LogP contribution in [0.15, 0.2) is 29.3 Å². The average molecular weight is 577 g/mol. The molecule has 0 saturated carbocycles. The van der Waals surface area contributed by atoms with Crippen LogP contribution in [0.5, 0.6) is 0 Å². The Kier molecular flexibility index (Phi) is 10.5. The van der Waals surface area contributed by atoms with Crippen molar-refractivity contribution >= 4 is 39.8 Å². The van der Waals surface area contributed by atoms with Crippen molar-refractivity contribution in [3.63, 3.8) is 0 Å². The molecule has 1 aliphatic rings. The number of hydrogen-bond donors (Lipinski definition) is 2. The van der Waals surface area contributed by atoms with Gasteiger partial charge in [0, 0.05) is 44.5 Å². The molecule has 1 atom stereocenters. The number of rotatable bonds is 7. The van der Waals surface area contributed by atoms with E-state index in [2.05, 4.69) is 15.6 Å². The highest BCUT2D eigenvalue weighted by Crippen LogP contribution is 2.37. The molecule has 2 N–H and O–H groups in total. The third-order valence-corrected chi connectivity index (χ3v) is 6.35. The number of ether oxygens (including phenoxy) is 1. The minimum Gasteiger partial charge on any atom is -0.381 e. The molecule has 6 nitrogen and oxygen atoms in total. The molecule has 1 heterocycles. The summed E-state index contributed by atoms with van der Waals surface area (Å²) >= 11 is 0. The predicted octanol–water partition coefficient (Wildman–Crippen LogP) is 3.36. The lowest BCUT2D eigenvalue weighted by molar-refractivity contribution is -0.137. The third kappa shape index (κ3) is 8.76. The number of benzene rings is 1. The normalized spacial score (nSPS) is 18.1. The number of halogens is 4. The predicted molar refractivity (Wildman–Crippen MR) is 127 cm³/mol. The van der Waals surface area contributed by atoms with Gasteiger partial charge in [-0.15, -0.1) is 24.0 Å². The van der Waals surface area contributed by atoms with Crippen molar-refractivity contribution in [1.82, 2.24) is 10.6 Å². The van der Waals surface area contributed by atoms with Gasteiger partial charge in [0.25, 0.3) is 0 Å². The summed E-state index contributed by atoms with van der Waals surface area (Å²) in [6.07, 6.45) is -1.62. The van der Waals surface area contributed by atoms with E-state index >= 15 is 0 Å². The van der Waals surface area contributed by atoms with Crippen LogP contribution >= 0.6 is 24.0 Å². The Morgan fingerprint density at radius 2 is 1.94 bits per heavy atom. The van der Waals surface area contributed by atoms with Crippen LogP contribution in [0, 0.1) is 0 Å². The first-order valence-corrected chi connectivity index (χ1v) is 11.9. The highest BCUT2D eigenvalue weighted by atomic mass is 127. The van der Waals surface area contributed by atoms with E-state index in [0.717, 1.165) is 6.07 Å². The van der Waals surface area contributed by atoms with Crippen LogP contribution < -0.4 is 10.6 Å². The Bertz CT molecular complexity index is 842. The molecule has 1 unspecified atom stereocenters. The van der Waals surface area contributed by atoms with Crippen LogP contribution in [-0.2, 0) is 26.2 Å². The zero-order valence-corrected chi connectivity index (χ0v) is 21.1. The highest BCUT2D eigenvalue weighted by Gasteiger charge is 2.37. The Balaban J connectivity index is 0.00000480. The van der Waals surface area contributed by atoms with Gasteiger partial charge >= 0.3 is 6.18 Å². The molecule has 178 valence electrons. The quantitative estimate of drug-likeness (QED) is 0.295. The van der Waals surface area contributed by atoms with Gasteiger partial charge in [-0.05, 0) is 37.8 Å². The van der Waals surface area contributed by atoms with E-state index in [4.69, 9.17) is 4.74 Å². The topological polar surface area (TPSA) is 79.8 Å². The molecule has 0 aliphatic carbocycles. The number of hydrogen-bond acceptors (Lipinski definition) is 4. The Morgan fingerprint density at radius 1 is 1.29 bits per heavy atom. The van der Waals surface area contributed by atoms with Crippen LogP contribution in [0.2, 0.25) is 0 Å². The van der Waals surface area contributed by atoms with Crippen molar-refractivity contribution < 1.29 is 26.3 Å². The SMILES string of the molecule is CN=C(NCC1(c2cccc(C(F)(F)F)c2)CCOCC1)NC(C)CCS(C)(=O)=O.I. The van der Waals surface area contributed by atoms with E-state index < -0.39 is 27.0 Å². The van der Waals surface area contributed by atoms with Crippen molar-refractivity contribution in [3.8, 4) is 0 Å².